The number of anilines is 1. The molecule has 0 saturated heterocycles. The van der Waals surface area contributed by atoms with Crippen LogP contribution in [0, 0.1) is 11.8 Å². The predicted octanol–water partition coefficient (Wildman–Crippen LogP) is 4.23. The molecule has 1 heterocycles. The van der Waals surface area contributed by atoms with Gasteiger partial charge in [0.05, 0.1) is 0 Å². The van der Waals surface area contributed by atoms with Crippen molar-refractivity contribution in [1.29, 1.82) is 0 Å². The van der Waals surface area contributed by atoms with E-state index < -0.39 is 0 Å². The van der Waals surface area contributed by atoms with Crippen LogP contribution in [-0.4, -0.2) is 15.6 Å². The number of hydrogen-bond donors (Lipinski definition) is 1. The molecule has 3 nitrogen and oxygen atoms in total. The van der Waals surface area contributed by atoms with Crippen molar-refractivity contribution in [3.8, 4) is 0 Å². The average molecular weight is 261 g/mol. The van der Waals surface area contributed by atoms with E-state index >= 15 is 0 Å². The fourth-order valence-electron chi connectivity index (χ4n) is 3.81. The molecule has 3 rings (SSSR count). The van der Waals surface area contributed by atoms with Crippen LogP contribution in [0.4, 0.5) is 5.95 Å². The van der Waals surface area contributed by atoms with E-state index in [1.54, 1.807) is 0 Å². The van der Waals surface area contributed by atoms with E-state index in [1.165, 1.54) is 44.9 Å². The standard InChI is InChI=1S/C16H27N3/c1-12-8-9-15(13(12)2)18-16-17-10-11-19(16)14-6-4-3-5-7-14/h10-15H,3-9H2,1-2H3,(H,17,18). The monoisotopic (exact) mass is 261 g/mol. The highest BCUT2D eigenvalue weighted by molar-refractivity contribution is 5.29. The molecule has 2 aliphatic carbocycles. The van der Waals surface area contributed by atoms with Crippen LogP contribution < -0.4 is 5.32 Å². The van der Waals surface area contributed by atoms with Crippen LogP contribution in [0.2, 0.25) is 0 Å². The summed E-state index contributed by atoms with van der Waals surface area (Å²) in [7, 11) is 0. The summed E-state index contributed by atoms with van der Waals surface area (Å²) in [6.07, 6.45) is 13.6. The third kappa shape index (κ3) is 2.65. The second-order valence-corrected chi connectivity index (χ2v) is 6.61. The summed E-state index contributed by atoms with van der Waals surface area (Å²) in [5.41, 5.74) is 0. The summed E-state index contributed by atoms with van der Waals surface area (Å²) < 4.78 is 2.40. The van der Waals surface area contributed by atoms with Gasteiger partial charge in [-0.05, 0) is 37.5 Å². The summed E-state index contributed by atoms with van der Waals surface area (Å²) in [4.78, 5) is 4.57. The van der Waals surface area contributed by atoms with Crippen molar-refractivity contribution < 1.29 is 0 Å². The summed E-state index contributed by atoms with van der Waals surface area (Å²) in [6.45, 7) is 4.75. The molecule has 2 saturated carbocycles. The van der Waals surface area contributed by atoms with Crippen LogP contribution in [0.1, 0.15) is 64.8 Å². The van der Waals surface area contributed by atoms with E-state index in [0.29, 0.717) is 12.1 Å². The quantitative estimate of drug-likeness (QED) is 0.882. The zero-order chi connectivity index (χ0) is 13.2. The first-order valence-corrected chi connectivity index (χ1v) is 8.05. The Morgan fingerprint density at radius 2 is 1.89 bits per heavy atom. The highest BCUT2D eigenvalue weighted by Crippen LogP contribution is 2.35. The minimum atomic E-state index is 0.611. The van der Waals surface area contributed by atoms with Crippen LogP contribution in [0.25, 0.3) is 0 Å². The average Bonchev–Trinajstić information content (AvgIpc) is 3.02. The Hall–Kier alpha value is -0.990. The molecule has 106 valence electrons. The van der Waals surface area contributed by atoms with Crippen molar-refractivity contribution in [2.75, 3.05) is 5.32 Å². The van der Waals surface area contributed by atoms with Gasteiger partial charge in [-0.25, -0.2) is 4.98 Å². The van der Waals surface area contributed by atoms with E-state index in [2.05, 4.69) is 34.9 Å². The second kappa shape index (κ2) is 5.56. The first kappa shape index (κ1) is 13.0. The fraction of sp³-hybridized carbons (Fsp3) is 0.812. The summed E-state index contributed by atoms with van der Waals surface area (Å²) in [6, 6.07) is 1.28. The molecule has 0 radical (unpaired) electrons. The van der Waals surface area contributed by atoms with Crippen LogP contribution in [-0.2, 0) is 0 Å². The summed E-state index contributed by atoms with van der Waals surface area (Å²) in [5, 5.41) is 3.72. The smallest absolute Gasteiger partial charge is 0.203 e. The largest absolute Gasteiger partial charge is 0.353 e. The van der Waals surface area contributed by atoms with Gasteiger partial charge >= 0.3 is 0 Å². The molecule has 2 fully saturated rings. The Morgan fingerprint density at radius 1 is 1.11 bits per heavy atom. The summed E-state index contributed by atoms with van der Waals surface area (Å²) in [5.74, 6) is 2.71. The zero-order valence-electron chi connectivity index (χ0n) is 12.3. The molecule has 0 aromatic carbocycles. The van der Waals surface area contributed by atoms with Crippen LogP contribution in [0.5, 0.6) is 0 Å². The summed E-state index contributed by atoms with van der Waals surface area (Å²) >= 11 is 0. The lowest BCUT2D eigenvalue weighted by Crippen LogP contribution is -2.27. The van der Waals surface area contributed by atoms with Crippen molar-refractivity contribution in [2.45, 2.75) is 70.9 Å². The van der Waals surface area contributed by atoms with Gasteiger partial charge in [0.2, 0.25) is 5.95 Å². The molecule has 0 bridgehead atoms. The van der Waals surface area contributed by atoms with Gasteiger partial charge in [-0.3, -0.25) is 0 Å². The van der Waals surface area contributed by atoms with E-state index in [1.807, 2.05) is 6.20 Å². The molecule has 3 atom stereocenters. The molecule has 0 aliphatic heterocycles. The molecule has 0 amide bonds. The van der Waals surface area contributed by atoms with Crippen molar-refractivity contribution in [2.24, 2.45) is 11.8 Å². The lowest BCUT2D eigenvalue weighted by molar-refractivity contribution is 0.354. The SMILES string of the molecule is CC1CCC(Nc2nccn2C2CCCCC2)C1C. The highest BCUT2D eigenvalue weighted by Gasteiger charge is 2.30. The van der Waals surface area contributed by atoms with E-state index in [-0.39, 0.29) is 0 Å². The topological polar surface area (TPSA) is 29.9 Å². The van der Waals surface area contributed by atoms with Crippen molar-refractivity contribution in [3.63, 3.8) is 0 Å². The van der Waals surface area contributed by atoms with Crippen LogP contribution >= 0.6 is 0 Å². The Labute approximate surface area is 116 Å². The lowest BCUT2D eigenvalue weighted by atomic mass is 9.95. The maximum absolute atomic E-state index is 4.57. The van der Waals surface area contributed by atoms with Gasteiger partial charge in [-0.15, -0.1) is 0 Å². The third-order valence-electron chi connectivity index (χ3n) is 5.42. The first-order chi connectivity index (χ1) is 9.25. The minimum Gasteiger partial charge on any atom is -0.353 e. The maximum Gasteiger partial charge on any atom is 0.203 e. The van der Waals surface area contributed by atoms with Gasteiger partial charge in [-0.1, -0.05) is 33.1 Å². The van der Waals surface area contributed by atoms with E-state index in [9.17, 15) is 0 Å². The minimum absolute atomic E-state index is 0.611. The predicted molar refractivity (Wildman–Crippen MR) is 79.3 cm³/mol. The highest BCUT2D eigenvalue weighted by atomic mass is 15.2. The molecular formula is C16H27N3. The Kier molecular flexibility index (Phi) is 3.81. The second-order valence-electron chi connectivity index (χ2n) is 6.61. The van der Waals surface area contributed by atoms with Gasteiger partial charge in [0.25, 0.3) is 0 Å². The zero-order valence-corrected chi connectivity index (χ0v) is 12.3. The van der Waals surface area contributed by atoms with Crippen molar-refractivity contribution >= 4 is 5.95 Å². The van der Waals surface area contributed by atoms with Crippen molar-refractivity contribution in [1.82, 2.24) is 9.55 Å². The van der Waals surface area contributed by atoms with E-state index in [4.69, 9.17) is 0 Å². The van der Waals surface area contributed by atoms with Gasteiger partial charge < -0.3 is 9.88 Å². The number of imidazole rings is 1. The lowest BCUT2D eigenvalue weighted by Gasteiger charge is -2.27. The Morgan fingerprint density at radius 3 is 2.58 bits per heavy atom. The van der Waals surface area contributed by atoms with Crippen LogP contribution in [0.3, 0.4) is 0 Å². The molecule has 1 aromatic heterocycles. The van der Waals surface area contributed by atoms with Gasteiger partial charge in [0.15, 0.2) is 0 Å². The molecule has 3 heteroatoms. The van der Waals surface area contributed by atoms with Gasteiger partial charge in [0, 0.05) is 24.5 Å². The van der Waals surface area contributed by atoms with Gasteiger partial charge in [-0.2, -0.15) is 0 Å². The molecule has 0 spiro atoms. The number of hydrogen-bond acceptors (Lipinski definition) is 2. The number of nitrogens with zero attached hydrogens (tertiary/aromatic N) is 2. The Bertz CT molecular complexity index is 406. The molecule has 2 aliphatic rings. The third-order valence-corrected chi connectivity index (χ3v) is 5.42. The van der Waals surface area contributed by atoms with Crippen LogP contribution in [0.15, 0.2) is 12.4 Å². The fourth-order valence-corrected chi connectivity index (χ4v) is 3.81. The molecule has 1 aromatic rings. The number of nitrogens with one attached hydrogen (secondary N) is 1. The number of aromatic nitrogens is 2. The molecular weight excluding hydrogens is 234 g/mol. The van der Waals surface area contributed by atoms with Crippen molar-refractivity contribution in [3.05, 3.63) is 12.4 Å². The first-order valence-electron chi connectivity index (χ1n) is 8.05. The maximum atomic E-state index is 4.57. The molecule has 3 unspecified atom stereocenters. The number of rotatable bonds is 3. The molecule has 1 N–H and O–H groups in total. The van der Waals surface area contributed by atoms with E-state index in [0.717, 1.165) is 17.8 Å². The Balaban J connectivity index is 1.69. The molecule has 19 heavy (non-hydrogen) atoms. The normalized spacial score (nSPS) is 32.6. The van der Waals surface area contributed by atoms with Gasteiger partial charge in [0.1, 0.15) is 0 Å².